The molecule has 94 valence electrons. The Kier molecular flexibility index (Phi) is 4.18. The summed E-state index contributed by atoms with van der Waals surface area (Å²) < 4.78 is 1.74. The molecule has 0 atom stereocenters. The lowest BCUT2D eigenvalue weighted by molar-refractivity contribution is 0.0696. The molecule has 1 aliphatic carbocycles. The Labute approximate surface area is 102 Å². The third-order valence-corrected chi connectivity index (χ3v) is 3.60. The van der Waals surface area contributed by atoms with Crippen molar-refractivity contribution in [2.24, 2.45) is 5.92 Å². The Morgan fingerprint density at radius 1 is 1.41 bits per heavy atom. The first kappa shape index (κ1) is 12.1. The van der Waals surface area contributed by atoms with Gasteiger partial charge in [0.1, 0.15) is 0 Å². The van der Waals surface area contributed by atoms with Crippen LogP contribution in [0.4, 0.5) is 0 Å². The van der Waals surface area contributed by atoms with E-state index in [1.165, 1.54) is 44.7 Å². The van der Waals surface area contributed by atoms with Crippen LogP contribution in [0.15, 0.2) is 12.4 Å². The molecule has 1 aliphatic rings. The Morgan fingerprint density at radius 2 is 2.18 bits per heavy atom. The molecule has 0 spiro atoms. The largest absolute Gasteiger partial charge is 0.478 e. The van der Waals surface area contributed by atoms with Gasteiger partial charge in [-0.2, -0.15) is 5.10 Å². The fourth-order valence-corrected chi connectivity index (χ4v) is 2.61. The van der Waals surface area contributed by atoms with Gasteiger partial charge >= 0.3 is 5.97 Å². The molecule has 4 heteroatoms. The van der Waals surface area contributed by atoms with Crippen LogP contribution in [0.1, 0.15) is 55.3 Å². The van der Waals surface area contributed by atoms with Gasteiger partial charge in [0.15, 0.2) is 0 Å². The highest BCUT2D eigenvalue weighted by Crippen LogP contribution is 2.27. The highest BCUT2D eigenvalue weighted by Gasteiger charge is 2.13. The average Bonchev–Trinajstić information content (AvgIpc) is 2.79. The molecule has 0 unspecified atom stereocenters. The number of aromatic carboxylic acids is 1. The fraction of sp³-hybridized carbons (Fsp3) is 0.692. The van der Waals surface area contributed by atoms with Crippen LogP contribution in [0.3, 0.4) is 0 Å². The molecule has 0 bridgehead atoms. The molecule has 1 saturated carbocycles. The van der Waals surface area contributed by atoms with Crippen LogP contribution in [0, 0.1) is 5.92 Å². The zero-order chi connectivity index (χ0) is 12.1. The van der Waals surface area contributed by atoms with Crippen molar-refractivity contribution in [3.63, 3.8) is 0 Å². The Balaban J connectivity index is 1.71. The minimum Gasteiger partial charge on any atom is -0.478 e. The molecular formula is C13H20N2O2. The summed E-state index contributed by atoms with van der Waals surface area (Å²) in [4.78, 5) is 10.7. The van der Waals surface area contributed by atoms with Crippen molar-refractivity contribution in [2.75, 3.05) is 0 Å². The van der Waals surface area contributed by atoms with Crippen LogP contribution >= 0.6 is 0 Å². The van der Waals surface area contributed by atoms with Crippen molar-refractivity contribution in [2.45, 2.75) is 51.5 Å². The number of hydrogen-bond acceptors (Lipinski definition) is 2. The maximum Gasteiger partial charge on any atom is 0.338 e. The number of nitrogens with zero attached hydrogens (tertiary/aromatic N) is 2. The molecule has 1 N–H and O–H groups in total. The van der Waals surface area contributed by atoms with Crippen molar-refractivity contribution < 1.29 is 9.90 Å². The Hall–Kier alpha value is -1.32. The van der Waals surface area contributed by atoms with Crippen molar-refractivity contribution in [1.82, 2.24) is 9.78 Å². The first-order valence-corrected chi connectivity index (χ1v) is 6.51. The molecule has 0 amide bonds. The summed E-state index contributed by atoms with van der Waals surface area (Å²) in [5.74, 6) is -0.0122. The summed E-state index contributed by atoms with van der Waals surface area (Å²) >= 11 is 0. The number of carboxylic acids is 1. The van der Waals surface area contributed by atoms with Crippen LogP contribution in [-0.2, 0) is 6.54 Å². The molecular weight excluding hydrogens is 216 g/mol. The second-order valence-electron chi connectivity index (χ2n) is 4.94. The lowest BCUT2D eigenvalue weighted by Crippen LogP contribution is -2.08. The average molecular weight is 236 g/mol. The van der Waals surface area contributed by atoms with Gasteiger partial charge in [-0.05, 0) is 18.8 Å². The number of carboxylic acid groups (broad SMARTS) is 1. The maximum atomic E-state index is 10.7. The normalized spacial score (nSPS) is 17.2. The van der Waals surface area contributed by atoms with E-state index in [0.29, 0.717) is 0 Å². The standard InChI is InChI=1S/C13H20N2O2/c16-13(17)12-9-14-15(10-12)8-4-7-11-5-2-1-3-6-11/h9-11H,1-8H2,(H,16,17). The predicted octanol–water partition coefficient (Wildman–Crippen LogP) is 2.94. The van der Waals surface area contributed by atoms with E-state index in [-0.39, 0.29) is 5.56 Å². The fourth-order valence-electron chi connectivity index (χ4n) is 2.61. The number of aromatic nitrogens is 2. The summed E-state index contributed by atoms with van der Waals surface area (Å²) in [7, 11) is 0. The van der Waals surface area contributed by atoms with Gasteiger partial charge in [-0.1, -0.05) is 32.1 Å². The molecule has 1 fully saturated rings. The van der Waals surface area contributed by atoms with E-state index in [1.807, 2.05) is 0 Å². The number of hydrogen-bond donors (Lipinski definition) is 1. The molecule has 4 nitrogen and oxygen atoms in total. The summed E-state index contributed by atoms with van der Waals surface area (Å²) in [5.41, 5.74) is 0.280. The van der Waals surface area contributed by atoms with Gasteiger partial charge in [0.05, 0.1) is 11.8 Å². The van der Waals surface area contributed by atoms with Gasteiger partial charge in [0.25, 0.3) is 0 Å². The molecule has 1 aromatic rings. The zero-order valence-corrected chi connectivity index (χ0v) is 10.1. The Bertz CT molecular complexity index is 367. The van der Waals surface area contributed by atoms with E-state index in [1.54, 1.807) is 10.9 Å². The topological polar surface area (TPSA) is 55.1 Å². The van der Waals surface area contributed by atoms with Gasteiger partial charge in [-0.25, -0.2) is 4.79 Å². The van der Waals surface area contributed by atoms with Crippen LogP contribution in [0.25, 0.3) is 0 Å². The van der Waals surface area contributed by atoms with E-state index in [4.69, 9.17) is 5.11 Å². The first-order chi connectivity index (χ1) is 8.25. The molecule has 0 aromatic carbocycles. The van der Waals surface area contributed by atoms with Crippen molar-refractivity contribution in [3.05, 3.63) is 18.0 Å². The summed E-state index contributed by atoms with van der Waals surface area (Å²) in [6.07, 6.45) is 12.3. The molecule has 0 saturated heterocycles. The van der Waals surface area contributed by atoms with E-state index in [9.17, 15) is 4.79 Å². The van der Waals surface area contributed by atoms with Crippen LogP contribution in [-0.4, -0.2) is 20.9 Å². The van der Waals surface area contributed by atoms with E-state index in [0.717, 1.165) is 18.9 Å². The van der Waals surface area contributed by atoms with Crippen LogP contribution in [0.5, 0.6) is 0 Å². The lowest BCUT2D eigenvalue weighted by Gasteiger charge is -2.21. The summed E-state index contributed by atoms with van der Waals surface area (Å²) in [6, 6.07) is 0. The summed E-state index contributed by atoms with van der Waals surface area (Å²) in [5, 5.41) is 12.8. The second kappa shape index (κ2) is 5.84. The van der Waals surface area contributed by atoms with Gasteiger partial charge in [-0.3, -0.25) is 4.68 Å². The zero-order valence-electron chi connectivity index (χ0n) is 10.1. The van der Waals surface area contributed by atoms with E-state index >= 15 is 0 Å². The van der Waals surface area contributed by atoms with Crippen LogP contribution < -0.4 is 0 Å². The van der Waals surface area contributed by atoms with Gasteiger partial charge in [0, 0.05) is 12.7 Å². The lowest BCUT2D eigenvalue weighted by atomic mass is 9.86. The number of rotatable bonds is 5. The van der Waals surface area contributed by atoms with Gasteiger partial charge in [-0.15, -0.1) is 0 Å². The number of aryl methyl sites for hydroxylation is 1. The summed E-state index contributed by atoms with van der Waals surface area (Å²) in [6.45, 7) is 0.837. The minimum absolute atomic E-state index is 0.280. The van der Waals surface area contributed by atoms with E-state index < -0.39 is 5.97 Å². The monoisotopic (exact) mass is 236 g/mol. The SMILES string of the molecule is O=C(O)c1cnn(CCCC2CCCCC2)c1. The highest BCUT2D eigenvalue weighted by atomic mass is 16.4. The van der Waals surface area contributed by atoms with Crippen LogP contribution in [0.2, 0.25) is 0 Å². The predicted molar refractivity (Wildman–Crippen MR) is 65.0 cm³/mol. The second-order valence-corrected chi connectivity index (χ2v) is 4.94. The Morgan fingerprint density at radius 3 is 2.82 bits per heavy atom. The third kappa shape index (κ3) is 3.58. The molecule has 0 aliphatic heterocycles. The molecule has 1 aromatic heterocycles. The van der Waals surface area contributed by atoms with Gasteiger partial charge < -0.3 is 5.11 Å². The number of carbonyl (C=O) groups is 1. The van der Waals surface area contributed by atoms with Crippen molar-refractivity contribution in [3.8, 4) is 0 Å². The molecule has 1 heterocycles. The smallest absolute Gasteiger partial charge is 0.338 e. The van der Waals surface area contributed by atoms with Crippen molar-refractivity contribution in [1.29, 1.82) is 0 Å². The minimum atomic E-state index is -0.900. The highest BCUT2D eigenvalue weighted by molar-refractivity contribution is 5.86. The molecule has 2 rings (SSSR count). The quantitative estimate of drug-likeness (QED) is 0.855. The van der Waals surface area contributed by atoms with E-state index in [2.05, 4.69) is 5.10 Å². The maximum absolute atomic E-state index is 10.7. The van der Waals surface area contributed by atoms with Crippen molar-refractivity contribution >= 4 is 5.97 Å². The first-order valence-electron chi connectivity index (χ1n) is 6.51. The third-order valence-electron chi connectivity index (χ3n) is 3.60. The molecule has 17 heavy (non-hydrogen) atoms. The van der Waals surface area contributed by atoms with Gasteiger partial charge in [0.2, 0.25) is 0 Å². The molecule has 0 radical (unpaired) electrons.